The van der Waals surface area contributed by atoms with E-state index in [0.717, 1.165) is 11.5 Å². The minimum Gasteiger partial charge on any atom is -0.378 e. The molecule has 0 atom stereocenters. The van der Waals surface area contributed by atoms with E-state index >= 15 is 0 Å². The minimum atomic E-state index is -3.23. The first-order chi connectivity index (χ1) is 10.4. The molecule has 0 saturated carbocycles. The van der Waals surface area contributed by atoms with Gasteiger partial charge in [-0.05, 0) is 32.9 Å². The van der Waals surface area contributed by atoms with E-state index < -0.39 is 10.0 Å². The van der Waals surface area contributed by atoms with Crippen LogP contribution in [0.15, 0.2) is 18.2 Å². The summed E-state index contributed by atoms with van der Waals surface area (Å²) in [6, 6.07) is 5.90. The molecule has 0 spiro atoms. The van der Waals surface area contributed by atoms with Gasteiger partial charge in [-0.2, -0.15) is 4.31 Å². The fourth-order valence-electron chi connectivity index (χ4n) is 2.42. The third-order valence-corrected chi connectivity index (χ3v) is 5.46. The number of sulfonamides is 1. The first-order valence-corrected chi connectivity index (χ1v) is 9.27. The molecule has 2 rings (SSSR count). The minimum absolute atomic E-state index is 0.0495. The molecule has 0 aromatic carbocycles. The summed E-state index contributed by atoms with van der Waals surface area (Å²) < 4.78 is 31.5. The van der Waals surface area contributed by atoms with Gasteiger partial charge in [-0.1, -0.05) is 6.07 Å². The van der Waals surface area contributed by atoms with Crippen LogP contribution in [0.2, 0.25) is 0 Å². The smallest absolute Gasteiger partial charge is 0.216 e. The quantitative estimate of drug-likeness (QED) is 0.787. The molecule has 7 heteroatoms. The Hall–Kier alpha value is -1.18. The van der Waals surface area contributed by atoms with Gasteiger partial charge >= 0.3 is 0 Å². The third-order valence-electron chi connectivity index (χ3n) is 3.62. The normalized spacial score (nSPS) is 17.2. The molecule has 0 unspecified atom stereocenters. The summed E-state index contributed by atoms with van der Waals surface area (Å²) in [4.78, 5) is 6.62. The van der Waals surface area contributed by atoms with Crippen LogP contribution >= 0.6 is 0 Å². The van der Waals surface area contributed by atoms with Gasteiger partial charge in [-0.15, -0.1) is 0 Å². The Kier molecular flexibility index (Phi) is 5.77. The second-order valence-electron chi connectivity index (χ2n) is 5.76. The molecule has 1 fully saturated rings. The summed E-state index contributed by atoms with van der Waals surface area (Å²) in [6.07, 6.45) is 0.0550. The number of pyridine rings is 1. The van der Waals surface area contributed by atoms with Crippen LogP contribution in [0.4, 0.5) is 5.82 Å². The van der Waals surface area contributed by atoms with Crippen molar-refractivity contribution in [2.75, 3.05) is 43.4 Å². The predicted molar refractivity (Wildman–Crippen MR) is 87.6 cm³/mol. The van der Waals surface area contributed by atoms with E-state index in [1.54, 1.807) is 4.31 Å². The van der Waals surface area contributed by atoms with E-state index in [2.05, 4.69) is 9.88 Å². The first kappa shape index (κ1) is 17.2. The van der Waals surface area contributed by atoms with Gasteiger partial charge in [0, 0.05) is 31.9 Å². The summed E-state index contributed by atoms with van der Waals surface area (Å²) in [5, 5.41) is 0. The maximum absolute atomic E-state index is 12.3. The second kappa shape index (κ2) is 7.39. The first-order valence-electron chi connectivity index (χ1n) is 7.66. The molecule has 1 saturated heterocycles. The molecule has 0 N–H and O–H groups in total. The van der Waals surface area contributed by atoms with Crippen LogP contribution in [0.1, 0.15) is 19.5 Å². The highest BCUT2D eigenvalue weighted by atomic mass is 32.2. The maximum atomic E-state index is 12.3. The van der Waals surface area contributed by atoms with Crippen molar-refractivity contribution in [3.8, 4) is 0 Å². The summed E-state index contributed by atoms with van der Waals surface area (Å²) in [7, 11) is -3.23. The maximum Gasteiger partial charge on any atom is 0.216 e. The van der Waals surface area contributed by atoms with Crippen molar-refractivity contribution >= 4 is 15.8 Å². The van der Waals surface area contributed by atoms with Gasteiger partial charge in [0.05, 0.1) is 18.5 Å². The molecule has 1 aliphatic heterocycles. The Labute approximate surface area is 133 Å². The Bertz CT molecular complexity index is 581. The van der Waals surface area contributed by atoms with E-state index in [1.165, 1.54) is 0 Å². The fourth-order valence-corrected chi connectivity index (χ4v) is 3.70. The summed E-state index contributed by atoms with van der Waals surface area (Å²) >= 11 is 0. The van der Waals surface area contributed by atoms with Crippen molar-refractivity contribution in [2.24, 2.45) is 0 Å². The summed E-state index contributed by atoms with van der Waals surface area (Å²) in [5.41, 5.74) is 0.971. The Balaban J connectivity index is 1.88. The van der Waals surface area contributed by atoms with Gasteiger partial charge in [0.1, 0.15) is 5.82 Å². The number of piperazine rings is 1. The average molecular weight is 327 g/mol. The largest absolute Gasteiger partial charge is 0.378 e. The summed E-state index contributed by atoms with van der Waals surface area (Å²) in [5.74, 6) is 0.966. The van der Waals surface area contributed by atoms with E-state index in [9.17, 15) is 8.42 Å². The molecule has 0 amide bonds. The standard InChI is InChI=1S/C15H25N3O3S/c1-13(2)21-11-12-22(19,20)18-9-7-17(8-10-18)15-6-4-5-14(3)16-15/h4-6,13H,7-12H2,1-3H3. The lowest BCUT2D eigenvalue weighted by atomic mass is 10.3. The van der Waals surface area contributed by atoms with Gasteiger partial charge in [-0.3, -0.25) is 0 Å². The van der Waals surface area contributed by atoms with Crippen LogP contribution in [0.3, 0.4) is 0 Å². The second-order valence-corrected chi connectivity index (χ2v) is 7.85. The van der Waals surface area contributed by atoms with Crippen LogP contribution in [0.5, 0.6) is 0 Å². The monoisotopic (exact) mass is 327 g/mol. The zero-order valence-corrected chi connectivity index (χ0v) is 14.3. The number of nitrogens with zero attached hydrogens (tertiary/aromatic N) is 3. The molecule has 1 aromatic heterocycles. The van der Waals surface area contributed by atoms with Crippen molar-refractivity contribution in [3.63, 3.8) is 0 Å². The van der Waals surface area contributed by atoms with Gasteiger partial charge in [0.15, 0.2) is 0 Å². The van der Waals surface area contributed by atoms with E-state index in [0.29, 0.717) is 26.2 Å². The zero-order valence-electron chi connectivity index (χ0n) is 13.5. The summed E-state index contributed by atoms with van der Waals surface area (Å²) in [6.45, 7) is 8.35. The van der Waals surface area contributed by atoms with Crippen molar-refractivity contribution in [2.45, 2.75) is 26.9 Å². The number of hydrogen-bond donors (Lipinski definition) is 0. The van der Waals surface area contributed by atoms with E-state index in [4.69, 9.17) is 4.74 Å². The molecule has 0 radical (unpaired) electrons. The number of aryl methyl sites for hydroxylation is 1. The molecule has 124 valence electrons. The van der Waals surface area contributed by atoms with Crippen LogP contribution in [-0.2, 0) is 14.8 Å². The van der Waals surface area contributed by atoms with Crippen molar-refractivity contribution in [1.29, 1.82) is 0 Å². The lowest BCUT2D eigenvalue weighted by Crippen LogP contribution is -2.49. The average Bonchev–Trinajstić information content (AvgIpc) is 2.47. The number of rotatable bonds is 6. The van der Waals surface area contributed by atoms with Crippen LogP contribution in [0.25, 0.3) is 0 Å². The Morgan fingerprint density at radius 3 is 2.50 bits per heavy atom. The van der Waals surface area contributed by atoms with Gasteiger partial charge < -0.3 is 9.64 Å². The SMILES string of the molecule is Cc1cccc(N2CCN(S(=O)(=O)CCOC(C)C)CC2)n1. The van der Waals surface area contributed by atoms with Crippen molar-refractivity contribution in [1.82, 2.24) is 9.29 Å². The molecule has 2 heterocycles. The number of aromatic nitrogens is 1. The lowest BCUT2D eigenvalue weighted by molar-refractivity contribution is 0.0906. The number of hydrogen-bond acceptors (Lipinski definition) is 5. The van der Waals surface area contributed by atoms with E-state index in [-0.39, 0.29) is 18.5 Å². The molecular formula is C15H25N3O3S. The van der Waals surface area contributed by atoms with Crippen LogP contribution < -0.4 is 4.90 Å². The number of ether oxygens (including phenoxy) is 1. The van der Waals surface area contributed by atoms with Crippen LogP contribution in [-0.4, -0.2) is 62.3 Å². The third kappa shape index (κ3) is 4.66. The highest BCUT2D eigenvalue weighted by Crippen LogP contribution is 2.16. The van der Waals surface area contributed by atoms with Gasteiger partial charge in [0.2, 0.25) is 10.0 Å². The Morgan fingerprint density at radius 2 is 1.91 bits per heavy atom. The molecule has 6 nitrogen and oxygen atoms in total. The van der Waals surface area contributed by atoms with Gasteiger partial charge in [0.25, 0.3) is 0 Å². The molecular weight excluding hydrogens is 302 g/mol. The zero-order chi connectivity index (χ0) is 16.2. The van der Waals surface area contributed by atoms with E-state index in [1.807, 2.05) is 39.0 Å². The molecule has 0 bridgehead atoms. The van der Waals surface area contributed by atoms with Crippen molar-refractivity contribution in [3.05, 3.63) is 23.9 Å². The van der Waals surface area contributed by atoms with Crippen LogP contribution in [0, 0.1) is 6.92 Å². The molecule has 1 aliphatic rings. The molecule has 0 aliphatic carbocycles. The number of anilines is 1. The predicted octanol–water partition coefficient (Wildman–Crippen LogP) is 1.27. The highest BCUT2D eigenvalue weighted by molar-refractivity contribution is 7.89. The topological polar surface area (TPSA) is 62.7 Å². The van der Waals surface area contributed by atoms with Crippen molar-refractivity contribution < 1.29 is 13.2 Å². The highest BCUT2D eigenvalue weighted by Gasteiger charge is 2.27. The fraction of sp³-hybridized carbons (Fsp3) is 0.667. The Morgan fingerprint density at radius 1 is 1.23 bits per heavy atom. The molecule has 22 heavy (non-hydrogen) atoms. The van der Waals surface area contributed by atoms with Gasteiger partial charge in [-0.25, -0.2) is 13.4 Å². The lowest BCUT2D eigenvalue weighted by Gasteiger charge is -2.34. The molecule has 1 aromatic rings.